The van der Waals surface area contributed by atoms with Crippen molar-refractivity contribution in [3.63, 3.8) is 0 Å². The van der Waals surface area contributed by atoms with E-state index in [1.807, 2.05) is 0 Å². The first-order valence-corrected chi connectivity index (χ1v) is 4.15. The lowest BCUT2D eigenvalue weighted by atomic mass is 9.97. The number of hydrogen-bond acceptors (Lipinski definition) is 2. The third-order valence-electron chi connectivity index (χ3n) is 2.16. The summed E-state index contributed by atoms with van der Waals surface area (Å²) in [6.07, 6.45) is 5.22. The highest BCUT2D eigenvalue weighted by Gasteiger charge is 2.12. The minimum absolute atomic E-state index is 0.157. The minimum atomic E-state index is -0.157. The lowest BCUT2D eigenvalue weighted by Crippen LogP contribution is -2.16. The second-order valence-corrected chi connectivity index (χ2v) is 3.17. The van der Waals surface area contributed by atoms with Crippen LogP contribution in [-0.2, 0) is 0 Å². The molecule has 0 spiro atoms. The second-order valence-electron chi connectivity index (χ2n) is 3.17. The summed E-state index contributed by atoms with van der Waals surface area (Å²) in [6, 6.07) is 0. The van der Waals surface area contributed by atoms with Crippen molar-refractivity contribution in [1.82, 2.24) is 0 Å². The van der Waals surface area contributed by atoms with Gasteiger partial charge in [0.1, 0.15) is 0 Å². The lowest BCUT2D eigenvalue weighted by Gasteiger charge is -2.17. The fourth-order valence-electron chi connectivity index (χ4n) is 1.43. The third-order valence-corrected chi connectivity index (χ3v) is 2.16. The Hall–Kier alpha value is -0.0800. The zero-order chi connectivity index (χ0) is 7.40. The molecule has 0 radical (unpaired) electrons. The van der Waals surface area contributed by atoms with Crippen LogP contribution < -0.4 is 0 Å². The van der Waals surface area contributed by atoms with Crippen molar-refractivity contribution in [3.8, 4) is 0 Å². The van der Waals surface area contributed by atoms with Crippen LogP contribution in [-0.4, -0.2) is 22.4 Å². The minimum Gasteiger partial charge on any atom is -0.393 e. The molecule has 0 aromatic rings. The van der Waals surface area contributed by atoms with Crippen molar-refractivity contribution in [2.45, 2.75) is 50.7 Å². The van der Waals surface area contributed by atoms with Crippen molar-refractivity contribution in [2.75, 3.05) is 0 Å². The molecule has 60 valence electrons. The highest BCUT2D eigenvalue weighted by atomic mass is 16.3. The van der Waals surface area contributed by atoms with Crippen LogP contribution in [0.4, 0.5) is 0 Å². The van der Waals surface area contributed by atoms with E-state index in [0.717, 1.165) is 38.5 Å². The molecule has 1 aliphatic rings. The Morgan fingerprint density at radius 1 is 0.700 bits per heavy atom. The monoisotopic (exact) mass is 144 g/mol. The van der Waals surface area contributed by atoms with Crippen LogP contribution in [0.15, 0.2) is 0 Å². The van der Waals surface area contributed by atoms with Gasteiger partial charge in [-0.3, -0.25) is 0 Å². The molecule has 2 heteroatoms. The van der Waals surface area contributed by atoms with Gasteiger partial charge in [-0.1, -0.05) is 12.8 Å². The summed E-state index contributed by atoms with van der Waals surface area (Å²) in [7, 11) is 0. The molecule has 1 aliphatic carbocycles. The van der Waals surface area contributed by atoms with Crippen LogP contribution in [0.25, 0.3) is 0 Å². The summed E-state index contributed by atoms with van der Waals surface area (Å²) in [5, 5.41) is 18.4. The zero-order valence-electron chi connectivity index (χ0n) is 6.29. The van der Waals surface area contributed by atoms with E-state index < -0.39 is 0 Å². The number of rotatable bonds is 0. The van der Waals surface area contributed by atoms with Crippen LogP contribution >= 0.6 is 0 Å². The molecule has 0 unspecified atom stereocenters. The van der Waals surface area contributed by atoms with Gasteiger partial charge in [0.2, 0.25) is 0 Å². The molecule has 1 saturated carbocycles. The van der Waals surface area contributed by atoms with Gasteiger partial charge in [0.15, 0.2) is 0 Å². The maximum absolute atomic E-state index is 9.22. The molecule has 0 aliphatic heterocycles. The Balaban J connectivity index is 2.23. The van der Waals surface area contributed by atoms with Crippen LogP contribution in [0.5, 0.6) is 0 Å². The summed E-state index contributed by atoms with van der Waals surface area (Å²) in [6.45, 7) is 0. The molecular weight excluding hydrogens is 128 g/mol. The molecule has 1 rings (SSSR count). The van der Waals surface area contributed by atoms with Gasteiger partial charge < -0.3 is 10.2 Å². The van der Waals surface area contributed by atoms with Gasteiger partial charge in [-0.05, 0) is 25.7 Å². The Labute approximate surface area is 61.9 Å². The maximum atomic E-state index is 9.22. The van der Waals surface area contributed by atoms with Crippen LogP contribution in [0.2, 0.25) is 0 Å². The molecule has 0 aromatic heterocycles. The summed E-state index contributed by atoms with van der Waals surface area (Å²) >= 11 is 0. The first-order chi connectivity index (χ1) is 4.79. The fourth-order valence-corrected chi connectivity index (χ4v) is 1.43. The van der Waals surface area contributed by atoms with Crippen LogP contribution in [0, 0.1) is 0 Å². The zero-order valence-corrected chi connectivity index (χ0v) is 6.29. The van der Waals surface area contributed by atoms with Crippen molar-refractivity contribution in [2.24, 2.45) is 0 Å². The second kappa shape index (κ2) is 3.94. The van der Waals surface area contributed by atoms with Gasteiger partial charge >= 0.3 is 0 Å². The normalized spacial score (nSPS) is 36.6. The van der Waals surface area contributed by atoms with Gasteiger partial charge in [-0.25, -0.2) is 0 Å². The third kappa shape index (κ3) is 2.67. The lowest BCUT2D eigenvalue weighted by molar-refractivity contribution is 0.0866. The number of hydrogen-bond donors (Lipinski definition) is 2. The molecule has 2 atom stereocenters. The smallest absolute Gasteiger partial charge is 0.0541 e. The number of aliphatic hydroxyl groups excluding tert-OH is 2. The van der Waals surface area contributed by atoms with Crippen molar-refractivity contribution in [1.29, 1.82) is 0 Å². The fraction of sp³-hybridized carbons (Fsp3) is 1.00. The summed E-state index contributed by atoms with van der Waals surface area (Å²) in [5.41, 5.74) is 0. The van der Waals surface area contributed by atoms with Crippen molar-refractivity contribution < 1.29 is 10.2 Å². The average molecular weight is 144 g/mol. The quantitative estimate of drug-likeness (QED) is 0.533. The predicted octanol–water partition coefficient (Wildman–Crippen LogP) is 1.06. The van der Waals surface area contributed by atoms with Gasteiger partial charge in [0.25, 0.3) is 0 Å². The Morgan fingerprint density at radius 3 is 1.50 bits per heavy atom. The Morgan fingerprint density at radius 2 is 1.10 bits per heavy atom. The van der Waals surface area contributed by atoms with Crippen LogP contribution in [0.3, 0.4) is 0 Å². The number of aliphatic hydroxyl groups is 2. The Kier molecular flexibility index (Phi) is 3.16. The summed E-state index contributed by atoms with van der Waals surface area (Å²) in [5.74, 6) is 0. The van der Waals surface area contributed by atoms with E-state index in [4.69, 9.17) is 0 Å². The standard InChI is InChI=1S/C8H16O2/c9-7-3-1-2-4-8(10)6-5-7/h7-10H,1-6H2/t7-,8-/m0/s1. The average Bonchev–Trinajstić information content (AvgIpc) is 1.90. The van der Waals surface area contributed by atoms with Crippen molar-refractivity contribution in [3.05, 3.63) is 0 Å². The molecule has 2 N–H and O–H groups in total. The van der Waals surface area contributed by atoms with E-state index in [2.05, 4.69) is 0 Å². The molecule has 1 fully saturated rings. The molecular formula is C8H16O2. The molecule has 0 heterocycles. The molecule has 0 saturated heterocycles. The van der Waals surface area contributed by atoms with E-state index in [0.29, 0.717) is 0 Å². The molecule has 2 nitrogen and oxygen atoms in total. The van der Waals surface area contributed by atoms with Gasteiger partial charge in [-0.2, -0.15) is 0 Å². The van der Waals surface area contributed by atoms with E-state index in [1.54, 1.807) is 0 Å². The van der Waals surface area contributed by atoms with Gasteiger partial charge in [0, 0.05) is 0 Å². The largest absolute Gasteiger partial charge is 0.393 e. The van der Waals surface area contributed by atoms with Gasteiger partial charge in [-0.15, -0.1) is 0 Å². The predicted molar refractivity (Wildman–Crippen MR) is 39.7 cm³/mol. The Bertz CT molecular complexity index is 81.3. The highest BCUT2D eigenvalue weighted by molar-refractivity contribution is 4.66. The first-order valence-electron chi connectivity index (χ1n) is 4.15. The van der Waals surface area contributed by atoms with E-state index in [-0.39, 0.29) is 12.2 Å². The van der Waals surface area contributed by atoms with E-state index >= 15 is 0 Å². The first kappa shape index (κ1) is 8.02. The van der Waals surface area contributed by atoms with Crippen molar-refractivity contribution >= 4 is 0 Å². The molecule has 0 aromatic carbocycles. The molecule has 0 bridgehead atoms. The van der Waals surface area contributed by atoms with Crippen LogP contribution in [0.1, 0.15) is 38.5 Å². The summed E-state index contributed by atoms with van der Waals surface area (Å²) in [4.78, 5) is 0. The molecule has 0 amide bonds. The highest BCUT2D eigenvalue weighted by Crippen LogP contribution is 2.17. The van der Waals surface area contributed by atoms with E-state index in [1.165, 1.54) is 0 Å². The van der Waals surface area contributed by atoms with E-state index in [9.17, 15) is 10.2 Å². The summed E-state index contributed by atoms with van der Waals surface area (Å²) < 4.78 is 0. The SMILES string of the molecule is O[C@H]1CCCC[C@H](O)CC1. The topological polar surface area (TPSA) is 40.5 Å². The maximum Gasteiger partial charge on any atom is 0.0541 e. The molecule has 10 heavy (non-hydrogen) atoms. The van der Waals surface area contributed by atoms with Gasteiger partial charge in [0.05, 0.1) is 12.2 Å².